The van der Waals surface area contributed by atoms with E-state index in [1.54, 1.807) is 0 Å². The van der Waals surface area contributed by atoms with Crippen LogP contribution in [0.3, 0.4) is 0 Å². The van der Waals surface area contributed by atoms with Gasteiger partial charge in [-0.1, -0.05) is 6.07 Å². The molecule has 0 spiro atoms. The smallest absolute Gasteiger partial charge is 0.406 e. The Hall–Kier alpha value is -1.85. The first-order valence-electron chi connectivity index (χ1n) is 8.35. The van der Waals surface area contributed by atoms with E-state index in [0.717, 1.165) is 12.1 Å². The van der Waals surface area contributed by atoms with Crippen LogP contribution in [0.5, 0.6) is 5.75 Å². The molecular weight excluding hydrogens is 387 g/mol. The molecule has 1 fully saturated rings. The fraction of sp³-hybridized carbons (Fsp3) is 0.562. The van der Waals surface area contributed by atoms with Crippen LogP contribution < -0.4 is 10.1 Å². The van der Waals surface area contributed by atoms with Gasteiger partial charge in [-0.05, 0) is 26.0 Å². The van der Waals surface area contributed by atoms with E-state index in [4.69, 9.17) is 0 Å². The van der Waals surface area contributed by atoms with E-state index in [1.807, 2.05) is 18.7 Å². The molecule has 1 aromatic carbocycles. The zero-order valence-corrected chi connectivity index (χ0v) is 15.8. The van der Waals surface area contributed by atoms with Crippen LogP contribution in [0.15, 0.2) is 29.2 Å². The Bertz CT molecular complexity index is 760. The van der Waals surface area contributed by atoms with E-state index in [1.165, 1.54) is 16.4 Å². The number of carbonyl (C=O) groups excluding carboxylic acids is 1. The number of alkyl halides is 3. The summed E-state index contributed by atoms with van der Waals surface area (Å²) >= 11 is 0. The molecule has 0 saturated carbocycles. The van der Waals surface area contributed by atoms with Crippen LogP contribution in [0.4, 0.5) is 13.2 Å². The first kappa shape index (κ1) is 21.5. The molecule has 27 heavy (non-hydrogen) atoms. The SMILES string of the molecule is CC(C)NC(=O)CN1CCN(S(=O)(=O)c2cccc(OC(F)(F)F)c2)CC1. The third-order valence-electron chi connectivity index (χ3n) is 3.82. The average Bonchev–Trinajstić information content (AvgIpc) is 2.53. The van der Waals surface area contributed by atoms with Gasteiger partial charge in [0.2, 0.25) is 15.9 Å². The Morgan fingerprint density at radius 2 is 1.85 bits per heavy atom. The number of ether oxygens (including phenoxy) is 1. The van der Waals surface area contributed by atoms with Crippen molar-refractivity contribution in [3.05, 3.63) is 24.3 Å². The van der Waals surface area contributed by atoms with Crippen LogP contribution in [0, 0.1) is 0 Å². The minimum atomic E-state index is -4.90. The molecule has 0 bridgehead atoms. The van der Waals surface area contributed by atoms with Gasteiger partial charge in [-0.25, -0.2) is 8.42 Å². The molecule has 11 heteroatoms. The van der Waals surface area contributed by atoms with E-state index < -0.39 is 22.1 Å². The normalized spacial score (nSPS) is 17.1. The van der Waals surface area contributed by atoms with Gasteiger partial charge in [0, 0.05) is 38.3 Å². The van der Waals surface area contributed by atoms with Crippen molar-refractivity contribution >= 4 is 15.9 Å². The Labute approximate surface area is 156 Å². The number of rotatable bonds is 6. The van der Waals surface area contributed by atoms with Crippen LogP contribution in [-0.4, -0.2) is 68.7 Å². The molecule has 1 saturated heterocycles. The Balaban J connectivity index is 2.01. The fourth-order valence-electron chi connectivity index (χ4n) is 2.68. The minimum Gasteiger partial charge on any atom is -0.406 e. The highest BCUT2D eigenvalue weighted by Gasteiger charge is 2.33. The molecule has 0 radical (unpaired) electrons. The summed E-state index contributed by atoms with van der Waals surface area (Å²) in [6.07, 6.45) is -4.90. The highest BCUT2D eigenvalue weighted by atomic mass is 32.2. The number of sulfonamides is 1. The topological polar surface area (TPSA) is 79.0 Å². The van der Waals surface area contributed by atoms with Crippen molar-refractivity contribution in [2.75, 3.05) is 32.7 Å². The minimum absolute atomic E-state index is 0.0189. The summed E-state index contributed by atoms with van der Waals surface area (Å²) in [5.74, 6) is -0.731. The van der Waals surface area contributed by atoms with E-state index in [-0.39, 0.29) is 36.5 Å². The van der Waals surface area contributed by atoms with Crippen molar-refractivity contribution < 1.29 is 31.1 Å². The van der Waals surface area contributed by atoms with Crippen molar-refractivity contribution in [3.8, 4) is 5.75 Å². The second-order valence-corrected chi connectivity index (χ2v) is 8.36. The van der Waals surface area contributed by atoms with Gasteiger partial charge in [-0.15, -0.1) is 13.2 Å². The quantitative estimate of drug-likeness (QED) is 0.769. The van der Waals surface area contributed by atoms with Gasteiger partial charge < -0.3 is 10.1 Å². The molecule has 1 aromatic rings. The molecule has 2 rings (SSSR count). The van der Waals surface area contributed by atoms with Crippen molar-refractivity contribution in [2.24, 2.45) is 0 Å². The second-order valence-electron chi connectivity index (χ2n) is 6.43. The molecule has 0 aliphatic carbocycles. The lowest BCUT2D eigenvalue weighted by Crippen LogP contribution is -2.51. The molecule has 1 N–H and O–H groups in total. The lowest BCUT2D eigenvalue weighted by molar-refractivity contribution is -0.274. The Morgan fingerprint density at radius 3 is 2.41 bits per heavy atom. The van der Waals surface area contributed by atoms with Gasteiger partial charge in [0.05, 0.1) is 11.4 Å². The van der Waals surface area contributed by atoms with Crippen LogP contribution >= 0.6 is 0 Å². The average molecular weight is 409 g/mol. The number of hydrogen-bond donors (Lipinski definition) is 1. The van der Waals surface area contributed by atoms with Crippen molar-refractivity contribution in [1.82, 2.24) is 14.5 Å². The van der Waals surface area contributed by atoms with Crippen molar-refractivity contribution in [3.63, 3.8) is 0 Å². The van der Waals surface area contributed by atoms with E-state index in [2.05, 4.69) is 10.1 Å². The summed E-state index contributed by atoms with van der Waals surface area (Å²) in [5, 5.41) is 2.76. The molecule has 0 unspecified atom stereocenters. The van der Waals surface area contributed by atoms with E-state index in [0.29, 0.717) is 13.1 Å². The van der Waals surface area contributed by atoms with E-state index >= 15 is 0 Å². The monoisotopic (exact) mass is 409 g/mol. The third-order valence-corrected chi connectivity index (χ3v) is 5.72. The maximum absolute atomic E-state index is 12.7. The second kappa shape index (κ2) is 8.44. The number of carbonyl (C=O) groups is 1. The first-order chi connectivity index (χ1) is 12.5. The molecule has 0 aromatic heterocycles. The Morgan fingerprint density at radius 1 is 1.22 bits per heavy atom. The fourth-order valence-corrected chi connectivity index (χ4v) is 4.14. The maximum atomic E-state index is 12.7. The molecule has 1 amide bonds. The van der Waals surface area contributed by atoms with E-state index in [9.17, 15) is 26.4 Å². The lowest BCUT2D eigenvalue weighted by atomic mass is 10.3. The van der Waals surface area contributed by atoms with Gasteiger partial charge in [0.25, 0.3) is 0 Å². The first-order valence-corrected chi connectivity index (χ1v) is 9.79. The number of nitrogens with zero attached hydrogens (tertiary/aromatic N) is 2. The number of halogens is 3. The van der Waals surface area contributed by atoms with Gasteiger partial charge >= 0.3 is 6.36 Å². The van der Waals surface area contributed by atoms with Crippen LogP contribution in [0.2, 0.25) is 0 Å². The predicted octanol–water partition coefficient (Wildman–Crippen LogP) is 1.42. The number of benzene rings is 1. The van der Waals surface area contributed by atoms with Gasteiger partial charge in [0.1, 0.15) is 5.75 Å². The highest BCUT2D eigenvalue weighted by molar-refractivity contribution is 7.89. The summed E-state index contributed by atoms with van der Waals surface area (Å²) in [4.78, 5) is 13.3. The summed E-state index contributed by atoms with van der Waals surface area (Å²) in [6, 6.07) is 4.33. The summed E-state index contributed by atoms with van der Waals surface area (Å²) in [5.41, 5.74) is 0. The highest BCUT2D eigenvalue weighted by Crippen LogP contribution is 2.26. The molecule has 152 valence electrons. The van der Waals surface area contributed by atoms with Gasteiger partial charge in [-0.3, -0.25) is 9.69 Å². The van der Waals surface area contributed by atoms with Crippen LogP contribution in [-0.2, 0) is 14.8 Å². The summed E-state index contributed by atoms with van der Waals surface area (Å²) in [6.45, 7) is 4.84. The van der Waals surface area contributed by atoms with Gasteiger partial charge in [-0.2, -0.15) is 4.31 Å². The zero-order valence-electron chi connectivity index (χ0n) is 15.0. The molecule has 7 nitrogen and oxygen atoms in total. The van der Waals surface area contributed by atoms with Crippen molar-refractivity contribution in [2.45, 2.75) is 31.1 Å². The molecule has 1 heterocycles. The predicted molar refractivity (Wildman–Crippen MR) is 91.6 cm³/mol. The lowest BCUT2D eigenvalue weighted by Gasteiger charge is -2.33. The summed E-state index contributed by atoms with van der Waals surface area (Å²) < 4.78 is 67.3. The van der Waals surface area contributed by atoms with Crippen LogP contribution in [0.25, 0.3) is 0 Å². The number of amides is 1. The van der Waals surface area contributed by atoms with Crippen LogP contribution in [0.1, 0.15) is 13.8 Å². The number of piperazine rings is 1. The molecule has 1 aliphatic rings. The molecular formula is C16H22F3N3O4S. The standard InChI is InChI=1S/C16H22F3N3O4S/c1-12(2)20-15(23)11-21-6-8-22(9-7-21)27(24,25)14-5-3-4-13(10-14)26-16(17,18)19/h3-5,10,12H,6-9,11H2,1-2H3,(H,20,23). The number of hydrogen-bond acceptors (Lipinski definition) is 5. The van der Waals surface area contributed by atoms with Gasteiger partial charge in [0.15, 0.2) is 0 Å². The Kier molecular flexibility index (Phi) is 6.71. The third kappa shape index (κ3) is 6.36. The largest absolute Gasteiger partial charge is 0.573 e. The maximum Gasteiger partial charge on any atom is 0.573 e. The number of nitrogens with one attached hydrogen (secondary N) is 1. The molecule has 1 aliphatic heterocycles. The van der Waals surface area contributed by atoms with Crippen molar-refractivity contribution in [1.29, 1.82) is 0 Å². The summed E-state index contributed by atoms with van der Waals surface area (Å²) in [7, 11) is -3.95. The zero-order chi connectivity index (χ0) is 20.2. The molecule has 0 atom stereocenters.